The Hall–Kier alpha value is -2.10. The zero-order valence-electron chi connectivity index (χ0n) is 10.2. The van der Waals surface area contributed by atoms with E-state index in [0.29, 0.717) is 13.0 Å². The van der Waals surface area contributed by atoms with Crippen LogP contribution in [0.4, 0.5) is 0 Å². The molecule has 0 atom stereocenters. The molecule has 0 heterocycles. The van der Waals surface area contributed by atoms with Crippen molar-refractivity contribution >= 4 is 12.3 Å². The minimum atomic E-state index is -0.250. The molecule has 0 aliphatic rings. The van der Waals surface area contributed by atoms with Crippen molar-refractivity contribution < 1.29 is 19.4 Å². The number of carboxylic acid groups (broad SMARTS) is 1. The standard InChI is InChI=1S/C13H16O2.CH2O2/c1-2-12(14)8-6-7-11-15-13-9-4-3-5-10-13;2-1-3/h2-5,9-10H,1,6-8,11H2;1H,(H,2,3). The van der Waals surface area contributed by atoms with E-state index in [1.807, 2.05) is 30.3 Å². The minimum absolute atomic E-state index is 0.106. The first kappa shape index (κ1) is 15.9. The molecule has 0 fully saturated rings. The van der Waals surface area contributed by atoms with Crippen LogP contribution in [0.15, 0.2) is 43.0 Å². The highest BCUT2D eigenvalue weighted by Crippen LogP contribution is 2.09. The number of ketones is 1. The summed E-state index contributed by atoms with van der Waals surface area (Å²) in [6.45, 7) is 3.84. The number of rotatable bonds is 7. The van der Waals surface area contributed by atoms with Crippen LogP contribution in [0.2, 0.25) is 0 Å². The van der Waals surface area contributed by atoms with E-state index in [-0.39, 0.29) is 12.3 Å². The highest BCUT2D eigenvalue weighted by Gasteiger charge is 1.96. The molecule has 1 rings (SSSR count). The summed E-state index contributed by atoms with van der Waals surface area (Å²) < 4.78 is 5.48. The van der Waals surface area contributed by atoms with Gasteiger partial charge >= 0.3 is 0 Å². The second kappa shape index (κ2) is 11.4. The SMILES string of the molecule is C=CC(=O)CCCCOc1ccccc1.O=CO. The summed E-state index contributed by atoms with van der Waals surface area (Å²) in [5, 5.41) is 6.89. The first-order valence-electron chi connectivity index (χ1n) is 5.65. The van der Waals surface area contributed by atoms with Crippen LogP contribution in [0.25, 0.3) is 0 Å². The molecule has 0 bridgehead atoms. The zero-order chi connectivity index (χ0) is 13.6. The third-order valence-corrected chi connectivity index (χ3v) is 2.06. The van der Waals surface area contributed by atoms with E-state index < -0.39 is 0 Å². The largest absolute Gasteiger partial charge is 0.494 e. The van der Waals surface area contributed by atoms with E-state index >= 15 is 0 Å². The minimum Gasteiger partial charge on any atom is -0.494 e. The third kappa shape index (κ3) is 9.15. The third-order valence-electron chi connectivity index (χ3n) is 2.06. The molecule has 0 spiro atoms. The van der Waals surface area contributed by atoms with E-state index in [2.05, 4.69) is 6.58 Å². The Morgan fingerprint density at radius 3 is 2.44 bits per heavy atom. The van der Waals surface area contributed by atoms with Gasteiger partial charge in [0.15, 0.2) is 5.78 Å². The Labute approximate surface area is 107 Å². The Morgan fingerprint density at radius 2 is 1.89 bits per heavy atom. The number of para-hydroxylation sites is 1. The van der Waals surface area contributed by atoms with E-state index in [9.17, 15) is 4.79 Å². The second-order valence-corrected chi connectivity index (χ2v) is 3.39. The fourth-order valence-electron chi connectivity index (χ4n) is 1.21. The number of benzene rings is 1. The maximum Gasteiger partial charge on any atom is 0.290 e. The number of carbonyl (C=O) groups excluding carboxylic acids is 1. The number of hydrogen-bond donors (Lipinski definition) is 1. The molecule has 0 aliphatic carbocycles. The van der Waals surface area contributed by atoms with Gasteiger partial charge in [0.05, 0.1) is 6.61 Å². The van der Waals surface area contributed by atoms with Crippen LogP contribution < -0.4 is 4.74 Å². The van der Waals surface area contributed by atoms with Gasteiger partial charge in [-0.3, -0.25) is 9.59 Å². The van der Waals surface area contributed by atoms with Gasteiger partial charge in [-0.2, -0.15) is 0 Å². The predicted octanol–water partition coefficient (Wildman–Crippen LogP) is 2.69. The average molecular weight is 250 g/mol. The fourth-order valence-corrected chi connectivity index (χ4v) is 1.21. The average Bonchev–Trinajstić information content (AvgIpc) is 2.40. The molecule has 0 aliphatic heterocycles. The van der Waals surface area contributed by atoms with Gasteiger partial charge in [-0.05, 0) is 31.1 Å². The van der Waals surface area contributed by atoms with Crippen molar-refractivity contribution in [2.24, 2.45) is 0 Å². The molecule has 0 amide bonds. The molecule has 1 aromatic rings. The molecule has 0 unspecified atom stereocenters. The number of unbranched alkanes of at least 4 members (excludes halogenated alkanes) is 1. The van der Waals surface area contributed by atoms with Crippen molar-refractivity contribution in [2.45, 2.75) is 19.3 Å². The van der Waals surface area contributed by atoms with Crippen molar-refractivity contribution in [3.63, 3.8) is 0 Å². The van der Waals surface area contributed by atoms with Crippen LogP contribution >= 0.6 is 0 Å². The van der Waals surface area contributed by atoms with Gasteiger partial charge < -0.3 is 9.84 Å². The lowest BCUT2D eigenvalue weighted by Gasteiger charge is -2.04. The van der Waals surface area contributed by atoms with Crippen molar-refractivity contribution in [1.82, 2.24) is 0 Å². The van der Waals surface area contributed by atoms with Crippen LogP contribution in [0.5, 0.6) is 5.75 Å². The Morgan fingerprint density at radius 1 is 1.28 bits per heavy atom. The molecule has 0 radical (unpaired) electrons. The summed E-state index contributed by atoms with van der Waals surface area (Å²) in [6.07, 6.45) is 3.70. The maximum absolute atomic E-state index is 10.9. The Bertz CT molecular complexity index is 346. The molecule has 0 aromatic heterocycles. The number of hydrogen-bond acceptors (Lipinski definition) is 3. The lowest BCUT2D eigenvalue weighted by atomic mass is 10.2. The summed E-state index contributed by atoms with van der Waals surface area (Å²) >= 11 is 0. The molecule has 98 valence electrons. The lowest BCUT2D eigenvalue weighted by molar-refractivity contribution is -0.123. The molecule has 4 nitrogen and oxygen atoms in total. The smallest absolute Gasteiger partial charge is 0.290 e. The van der Waals surface area contributed by atoms with Crippen molar-refractivity contribution in [3.05, 3.63) is 43.0 Å². The molecule has 1 N–H and O–H groups in total. The van der Waals surface area contributed by atoms with Gasteiger partial charge in [-0.1, -0.05) is 24.8 Å². The summed E-state index contributed by atoms with van der Waals surface area (Å²) in [6, 6.07) is 9.69. The van der Waals surface area contributed by atoms with Crippen LogP contribution in [-0.2, 0) is 9.59 Å². The summed E-state index contributed by atoms with van der Waals surface area (Å²) in [5.74, 6) is 0.988. The lowest BCUT2D eigenvalue weighted by Crippen LogP contribution is -1.99. The van der Waals surface area contributed by atoms with Gasteiger partial charge in [0.2, 0.25) is 0 Å². The summed E-state index contributed by atoms with van der Waals surface area (Å²) in [7, 11) is 0. The van der Waals surface area contributed by atoms with Crippen LogP contribution in [0.1, 0.15) is 19.3 Å². The number of ether oxygens (including phenoxy) is 1. The summed E-state index contributed by atoms with van der Waals surface area (Å²) in [5.41, 5.74) is 0. The van der Waals surface area contributed by atoms with Crippen LogP contribution in [0, 0.1) is 0 Å². The monoisotopic (exact) mass is 250 g/mol. The topological polar surface area (TPSA) is 63.6 Å². The van der Waals surface area contributed by atoms with Gasteiger partial charge in [-0.25, -0.2) is 0 Å². The van der Waals surface area contributed by atoms with Crippen molar-refractivity contribution in [1.29, 1.82) is 0 Å². The Balaban J connectivity index is 0.000000873. The van der Waals surface area contributed by atoms with E-state index in [4.69, 9.17) is 14.6 Å². The zero-order valence-corrected chi connectivity index (χ0v) is 10.2. The molecule has 1 aromatic carbocycles. The first-order valence-corrected chi connectivity index (χ1v) is 5.65. The van der Waals surface area contributed by atoms with Crippen molar-refractivity contribution in [3.8, 4) is 5.75 Å². The van der Waals surface area contributed by atoms with E-state index in [1.54, 1.807) is 0 Å². The highest BCUT2D eigenvalue weighted by atomic mass is 16.5. The number of allylic oxidation sites excluding steroid dienone is 1. The van der Waals surface area contributed by atoms with Crippen molar-refractivity contribution in [2.75, 3.05) is 6.61 Å². The molecule has 0 saturated heterocycles. The first-order chi connectivity index (χ1) is 8.74. The van der Waals surface area contributed by atoms with Crippen LogP contribution in [0.3, 0.4) is 0 Å². The quantitative estimate of drug-likeness (QED) is 0.459. The molecule has 0 saturated carbocycles. The molecular formula is C14H18O4. The van der Waals surface area contributed by atoms with Gasteiger partial charge in [-0.15, -0.1) is 0 Å². The fraction of sp³-hybridized carbons (Fsp3) is 0.286. The molecule has 4 heteroatoms. The number of carbonyl (C=O) groups is 2. The van der Waals surface area contributed by atoms with E-state index in [0.717, 1.165) is 18.6 Å². The highest BCUT2D eigenvalue weighted by molar-refractivity contribution is 5.88. The summed E-state index contributed by atoms with van der Waals surface area (Å²) in [4.78, 5) is 19.2. The van der Waals surface area contributed by atoms with Crippen LogP contribution in [-0.4, -0.2) is 24.0 Å². The van der Waals surface area contributed by atoms with Gasteiger partial charge in [0, 0.05) is 6.42 Å². The van der Waals surface area contributed by atoms with Gasteiger partial charge in [0.1, 0.15) is 5.75 Å². The molecule has 18 heavy (non-hydrogen) atoms. The normalized spacial score (nSPS) is 8.67. The molecular weight excluding hydrogens is 232 g/mol. The second-order valence-electron chi connectivity index (χ2n) is 3.39. The van der Waals surface area contributed by atoms with E-state index in [1.165, 1.54) is 6.08 Å². The van der Waals surface area contributed by atoms with Gasteiger partial charge in [0.25, 0.3) is 6.47 Å². The maximum atomic E-state index is 10.9. The predicted molar refractivity (Wildman–Crippen MR) is 69.7 cm³/mol. The Kier molecular flexibility index (Phi) is 10.1.